The molecule has 1 amide bonds. The zero-order valence-corrected chi connectivity index (χ0v) is 17.6. The highest BCUT2D eigenvalue weighted by atomic mass is 32.2. The summed E-state index contributed by atoms with van der Waals surface area (Å²) in [6.07, 6.45) is -3.33. The smallest absolute Gasteiger partial charge is 0.308 e. The molecule has 0 aliphatic carbocycles. The van der Waals surface area contributed by atoms with Gasteiger partial charge >= 0.3 is 6.18 Å². The Morgan fingerprint density at radius 2 is 1.69 bits per heavy atom. The molecular weight excluding hydrogens is 441 g/mol. The van der Waals surface area contributed by atoms with E-state index in [1.54, 1.807) is 35.2 Å². The van der Waals surface area contributed by atoms with E-state index in [4.69, 9.17) is 0 Å². The molecule has 0 aromatic heterocycles. The lowest BCUT2D eigenvalue weighted by atomic mass is 10.0. The van der Waals surface area contributed by atoms with Crippen LogP contribution in [0.15, 0.2) is 77.7 Å². The molecule has 3 aromatic carbocycles. The average Bonchev–Trinajstić information content (AvgIpc) is 2.77. The van der Waals surface area contributed by atoms with E-state index in [0.29, 0.717) is 36.2 Å². The summed E-state index contributed by atoms with van der Waals surface area (Å²) in [5, 5.41) is 0. The molecule has 9 heteroatoms. The van der Waals surface area contributed by atoms with Crippen molar-refractivity contribution in [2.75, 3.05) is 16.2 Å². The fraction of sp³-hybridized carbons (Fsp3) is 0.174. The van der Waals surface area contributed by atoms with Crippen molar-refractivity contribution in [2.24, 2.45) is 0 Å². The van der Waals surface area contributed by atoms with Crippen molar-refractivity contribution in [1.82, 2.24) is 0 Å². The number of fused-ring (bicyclic) bond motifs is 1. The second-order valence-corrected chi connectivity index (χ2v) is 9.08. The highest BCUT2D eigenvalue weighted by Gasteiger charge is 2.31. The summed E-state index contributed by atoms with van der Waals surface area (Å²) in [5.74, 6) is -0.177. The van der Waals surface area contributed by atoms with Crippen LogP contribution in [0, 0.1) is 0 Å². The fourth-order valence-corrected chi connectivity index (χ4v) is 4.76. The van der Waals surface area contributed by atoms with Crippen LogP contribution in [0.2, 0.25) is 0 Å². The Bertz CT molecular complexity index is 1260. The van der Waals surface area contributed by atoms with E-state index in [2.05, 4.69) is 4.72 Å². The molecule has 0 spiro atoms. The number of halogens is 3. The zero-order valence-electron chi connectivity index (χ0n) is 16.8. The third kappa shape index (κ3) is 4.47. The van der Waals surface area contributed by atoms with Gasteiger partial charge in [-0.15, -0.1) is 0 Å². The van der Waals surface area contributed by atoms with E-state index in [1.807, 2.05) is 6.07 Å². The number of aryl methyl sites for hydroxylation is 1. The van der Waals surface area contributed by atoms with Crippen LogP contribution in [0.3, 0.4) is 0 Å². The molecule has 1 aliphatic rings. The maximum absolute atomic E-state index is 12.9. The number of anilines is 2. The number of rotatable bonds is 4. The Labute approximate surface area is 183 Å². The minimum atomic E-state index is -4.58. The van der Waals surface area contributed by atoms with Crippen molar-refractivity contribution in [2.45, 2.75) is 23.9 Å². The summed E-state index contributed by atoms with van der Waals surface area (Å²) in [6.45, 7) is 0.509. The lowest BCUT2D eigenvalue weighted by molar-refractivity contribution is -0.137. The number of benzene rings is 3. The molecule has 166 valence electrons. The quantitative estimate of drug-likeness (QED) is 0.589. The molecule has 3 aromatic rings. The number of hydrogen-bond donors (Lipinski definition) is 1. The van der Waals surface area contributed by atoms with Crippen molar-refractivity contribution >= 4 is 27.3 Å². The van der Waals surface area contributed by atoms with Gasteiger partial charge in [-0.2, -0.15) is 13.2 Å². The number of nitrogens with one attached hydrogen (secondary N) is 1. The Morgan fingerprint density at radius 1 is 0.938 bits per heavy atom. The van der Waals surface area contributed by atoms with Gasteiger partial charge in [0.2, 0.25) is 0 Å². The van der Waals surface area contributed by atoms with Crippen LogP contribution in [0.5, 0.6) is 0 Å². The van der Waals surface area contributed by atoms with Crippen molar-refractivity contribution in [3.8, 4) is 0 Å². The van der Waals surface area contributed by atoms with E-state index in [-0.39, 0.29) is 16.5 Å². The molecule has 0 radical (unpaired) electrons. The molecule has 4 rings (SSSR count). The number of hydrogen-bond acceptors (Lipinski definition) is 3. The van der Waals surface area contributed by atoms with Gasteiger partial charge in [-0.1, -0.05) is 24.3 Å². The summed E-state index contributed by atoms with van der Waals surface area (Å²) in [6, 6.07) is 17.2. The Morgan fingerprint density at radius 3 is 2.41 bits per heavy atom. The summed E-state index contributed by atoms with van der Waals surface area (Å²) >= 11 is 0. The Balaban J connectivity index is 1.62. The van der Waals surface area contributed by atoms with Crippen LogP contribution in [0.4, 0.5) is 24.5 Å². The van der Waals surface area contributed by atoms with Crippen LogP contribution in [0.25, 0.3) is 0 Å². The van der Waals surface area contributed by atoms with Gasteiger partial charge in [-0.3, -0.25) is 9.52 Å². The van der Waals surface area contributed by atoms with Gasteiger partial charge < -0.3 is 4.90 Å². The topological polar surface area (TPSA) is 66.5 Å². The standard InChI is InChI=1S/C23H19F3N2O3S/c24-23(25,26)18-9-4-10-19(15-18)27-32(30,31)20-11-12-21-17(14-20)8-5-13-28(21)22(29)16-6-2-1-3-7-16/h1-4,6-7,9-12,14-15,27H,5,8,13H2. The molecule has 0 unspecified atom stereocenters. The maximum Gasteiger partial charge on any atom is 0.416 e. The number of amides is 1. The number of sulfonamides is 1. The second kappa shape index (κ2) is 8.31. The van der Waals surface area contributed by atoms with E-state index in [1.165, 1.54) is 18.2 Å². The van der Waals surface area contributed by atoms with E-state index in [9.17, 15) is 26.4 Å². The summed E-state index contributed by atoms with van der Waals surface area (Å²) in [7, 11) is -4.12. The molecule has 32 heavy (non-hydrogen) atoms. The number of carbonyl (C=O) groups excluding carboxylic acids is 1. The van der Waals surface area contributed by atoms with Crippen LogP contribution >= 0.6 is 0 Å². The predicted molar refractivity (Wildman–Crippen MR) is 115 cm³/mol. The summed E-state index contributed by atoms with van der Waals surface area (Å²) in [4.78, 5) is 14.4. The number of nitrogens with zero attached hydrogens (tertiary/aromatic N) is 1. The molecule has 0 atom stereocenters. The second-order valence-electron chi connectivity index (χ2n) is 7.40. The van der Waals surface area contributed by atoms with Gasteiger partial charge in [-0.25, -0.2) is 8.42 Å². The van der Waals surface area contributed by atoms with Gasteiger partial charge in [0.15, 0.2) is 0 Å². The minimum Gasteiger partial charge on any atom is -0.308 e. The molecule has 0 bridgehead atoms. The minimum absolute atomic E-state index is 0.0809. The monoisotopic (exact) mass is 460 g/mol. The van der Waals surface area contributed by atoms with Crippen molar-refractivity contribution in [3.63, 3.8) is 0 Å². The fourth-order valence-electron chi connectivity index (χ4n) is 3.66. The molecule has 0 saturated carbocycles. The predicted octanol–water partition coefficient (Wildman–Crippen LogP) is 5.10. The Hall–Kier alpha value is -3.33. The van der Waals surface area contributed by atoms with E-state index >= 15 is 0 Å². The normalized spacial score (nSPS) is 14.0. The van der Waals surface area contributed by atoms with Crippen LogP contribution in [-0.4, -0.2) is 20.9 Å². The summed E-state index contributed by atoms with van der Waals surface area (Å²) < 4.78 is 66.6. The average molecular weight is 460 g/mol. The molecule has 1 heterocycles. The highest BCUT2D eigenvalue weighted by molar-refractivity contribution is 7.92. The van der Waals surface area contributed by atoms with E-state index < -0.39 is 21.8 Å². The molecule has 0 saturated heterocycles. The molecule has 5 nitrogen and oxygen atoms in total. The SMILES string of the molecule is O=C(c1ccccc1)N1CCCc2cc(S(=O)(=O)Nc3cccc(C(F)(F)F)c3)ccc21. The molecular formula is C23H19F3N2O3S. The van der Waals surface area contributed by atoms with Crippen molar-refractivity contribution in [1.29, 1.82) is 0 Å². The maximum atomic E-state index is 12.9. The number of carbonyl (C=O) groups is 1. The van der Waals surface area contributed by atoms with Crippen molar-refractivity contribution in [3.05, 3.63) is 89.5 Å². The Kier molecular flexibility index (Phi) is 5.68. The first-order valence-corrected chi connectivity index (χ1v) is 11.3. The van der Waals surface area contributed by atoms with Gasteiger partial charge in [0.05, 0.1) is 10.5 Å². The van der Waals surface area contributed by atoms with Crippen LogP contribution in [-0.2, 0) is 22.6 Å². The van der Waals surface area contributed by atoms with E-state index in [0.717, 1.165) is 18.2 Å². The molecule has 0 fully saturated rings. The van der Waals surface area contributed by atoms with Gasteiger partial charge in [-0.05, 0) is 66.9 Å². The summed E-state index contributed by atoms with van der Waals surface area (Å²) in [5.41, 5.74) is 0.718. The van der Waals surface area contributed by atoms with Crippen LogP contribution < -0.4 is 9.62 Å². The highest BCUT2D eigenvalue weighted by Crippen LogP contribution is 2.33. The zero-order chi connectivity index (χ0) is 22.9. The number of alkyl halides is 3. The van der Waals surface area contributed by atoms with Gasteiger partial charge in [0, 0.05) is 23.5 Å². The third-order valence-corrected chi connectivity index (χ3v) is 6.57. The lowest BCUT2D eigenvalue weighted by Gasteiger charge is -2.30. The largest absolute Gasteiger partial charge is 0.416 e. The first-order chi connectivity index (χ1) is 15.1. The third-order valence-electron chi connectivity index (χ3n) is 5.19. The first kappa shape index (κ1) is 21.9. The van der Waals surface area contributed by atoms with Gasteiger partial charge in [0.25, 0.3) is 15.9 Å². The van der Waals surface area contributed by atoms with Crippen LogP contribution in [0.1, 0.15) is 27.9 Å². The molecule has 1 N–H and O–H groups in total. The molecule has 1 aliphatic heterocycles. The first-order valence-electron chi connectivity index (χ1n) is 9.85. The van der Waals surface area contributed by atoms with Gasteiger partial charge in [0.1, 0.15) is 0 Å². The van der Waals surface area contributed by atoms with Crippen molar-refractivity contribution < 1.29 is 26.4 Å². The lowest BCUT2D eigenvalue weighted by Crippen LogP contribution is -2.35.